The zero-order valence-corrected chi connectivity index (χ0v) is 9.93. The molecule has 2 saturated heterocycles. The molecule has 0 aromatic heterocycles. The molecule has 15 heavy (non-hydrogen) atoms. The number of carbonyl (C=O) groups excluding carboxylic acids is 1. The first-order valence-electron chi connectivity index (χ1n) is 5.11. The number of alkyl halides is 1. The first kappa shape index (κ1) is 11.2. The average molecular weight is 252 g/mol. The van der Waals surface area contributed by atoms with E-state index in [1.807, 2.05) is 0 Å². The minimum atomic E-state index is -2.96. The lowest BCUT2D eigenvalue weighted by Gasteiger charge is -2.18. The Hall–Kier alpha value is -0.290. The van der Waals surface area contributed by atoms with E-state index in [2.05, 4.69) is 0 Å². The molecule has 0 radical (unpaired) electrons. The van der Waals surface area contributed by atoms with Crippen molar-refractivity contribution in [2.24, 2.45) is 5.92 Å². The van der Waals surface area contributed by atoms with E-state index in [4.69, 9.17) is 11.6 Å². The predicted molar refractivity (Wildman–Crippen MR) is 57.6 cm³/mol. The Morgan fingerprint density at radius 2 is 2.07 bits per heavy atom. The summed E-state index contributed by atoms with van der Waals surface area (Å²) >= 11 is 5.90. The van der Waals surface area contributed by atoms with Crippen LogP contribution in [0.2, 0.25) is 0 Å². The molecule has 4 nitrogen and oxygen atoms in total. The van der Waals surface area contributed by atoms with Crippen LogP contribution in [-0.2, 0) is 14.6 Å². The summed E-state index contributed by atoms with van der Waals surface area (Å²) in [5.74, 6) is -0.173. The van der Waals surface area contributed by atoms with E-state index in [9.17, 15) is 13.2 Å². The fourth-order valence-corrected chi connectivity index (χ4v) is 4.16. The molecular formula is C9H14ClNO3S. The third-order valence-electron chi connectivity index (χ3n) is 3.02. The number of carbonyl (C=O) groups is 1. The maximum absolute atomic E-state index is 11.9. The van der Waals surface area contributed by atoms with Crippen molar-refractivity contribution >= 4 is 27.3 Å². The van der Waals surface area contributed by atoms with Crippen LogP contribution in [0.1, 0.15) is 12.8 Å². The Balaban J connectivity index is 1.98. The molecule has 2 fully saturated rings. The number of sulfone groups is 1. The van der Waals surface area contributed by atoms with Gasteiger partial charge in [0, 0.05) is 13.1 Å². The van der Waals surface area contributed by atoms with Gasteiger partial charge in [0.25, 0.3) is 0 Å². The van der Waals surface area contributed by atoms with E-state index in [1.165, 1.54) is 0 Å². The van der Waals surface area contributed by atoms with Gasteiger partial charge in [0.15, 0.2) is 9.84 Å². The van der Waals surface area contributed by atoms with Gasteiger partial charge in [0.2, 0.25) is 5.91 Å². The number of hydrogen-bond acceptors (Lipinski definition) is 3. The van der Waals surface area contributed by atoms with Crippen LogP contribution in [0, 0.1) is 5.92 Å². The van der Waals surface area contributed by atoms with Crippen LogP contribution in [-0.4, -0.2) is 49.2 Å². The summed E-state index contributed by atoms with van der Waals surface area (Å²) in [5.41, 5.74) is 0. The highest BCUT2D eigenvalue weighted by molar-refractivity contribution is 7.91. The number of hydrogen-bond donors (Lipinski definition) is 0. The Labute approximate surface area is 94.5 Å². The quantitative estimate of drug-likeness (QED) is 0.629. The van der Waals surface area contributed by atoms with Crippen molar-refractivity contribution in [2.45, 2.75) is 18.2 Å². The maximum Gasteiger partial charge on any atom is 0.226 e. The standard InChI is InChI=1S/C9H14ClNO3S/c10-8-1-3-11(5-8)9(12)7-2-4-15(13,14)6-7/h7-8H,1-6H2. The van der Waals surface area contributed by atoms with Crippen LogP contribution in [0.3, 0.4) is 0 Å². The summed E-state index contributed by atoms with van der Waals surface area (Å²) in [7, 11) is -2.96. The van der Waals surface area contributed by atoms with Crippen molar-refractivity contribution in [3.8, 4) is 0 Å². The lowest BCUT2D eigenvalue weighted by atomic mass is 10.1. The SMILES string of the molecule is O=C(C1CCS(=O)(=O)C1)N1CCC(Cl)C1. The zero-order chi connectivity index (χ0) is 11.1. The number of amides is 1. The molecule has 0 bridgehead atoms. The summed E-state index contributed by atoms with van der Waals surface area (Å²) in [6.45, 7) is 1.24. The van der Waals surface area contributed by atoms with E-state index in [0.29, 0.717) is 19.5 Å². The Bertz CT molecular complexity index is 368. The van der Waals surface area contributed by atoms with Gasteiger partial charge in [-0.25, -0.2) is 8.42 Å². The molecule has 6 heteroatoms. The van der Waals surface area contributed by atoms with Crippen molar-refractivity contribution in [3.05, 3.63) is 0 Å². The molecule has 2 heterocycles. The molecule has 2 aliphatic rings. The van der Waals surface area contributed by atoms with E-state index in [-0.39, 0.29) is 28.7 Å². The van der Waals surface area contributed by atoms with Crippen LogP contribution in [0.15, 0.2) is 0 Å². The fraction of sp³-hybridized carbons (Fsp3) is 0.889. The largest absolute Gasteiger partial charge is 0.341 e. The zero-order valence-electron chi connectivity index (χ0n) is 8.36. The maximum atomic E-state index is 11.9. The van der Waals surface area contributed by atoms with Gasteiger partial charge >= 0.3 is 0 Å². The second-order valence-corrected chi connectivity index (χ2v) is 7.12. The molecule has 2 aliphatic heterocycles. The summed E-state index contributed by atoms with van der Waals surface area (Å²) in [4.78, 5) is 13.6. The van der Waals surface area contributed by atoms with Gasteiger partial charge in [-0.15, -0.1) is 11.6 Å². The predicted octanol–water partition coefficient (Wildman–Crippen LogP) is 0.261. The molecule has 0 spiro atoms. The van der Waals surface area contributed by atoms with Gasteiger partial charge in [0.05, 0.1) is 22.8 Å². The Morgan fingerprint density at radius 1 is 1.33 bits per heavy atom. The van der Waals surface area contributed by atoms with Gasteiger partial charge in [-0.05, 0) is 12.8 Å². The molecule has 0 saturated carbocycles. The monoisotopic (exact) mass is 251 g/mol. The van der Waals surface area contributed by atoms with Crippen LogP contribution in [0.5, 0.6) is 0 Å². The molecule has 86 valence electrons. The highest BCUT2D eigenvalue weighted by atomic mass is 35.5. The molecule has 2 rings (SSSR count). The minimum Gasteiger partial charge on any atom is -0.341 e. The molecule has 2 atom stereocenters. The van der Waals surface area contributed by atoms with Gasteiger partial charge in [0.1, 0.15) is 0 Å². The number of likely N-dealkylation sites (tertiary alicyclic amines) is 1. The third kappa shape index (κ3) is 2.45. The van der Waals surface area contributed by atoms with Gasteiger partial charge < -0.3 is 4.90 Å². The van der Waals surface area contributed by atoms with Crippen LogP contribution in [0.4, 0.5) is 0 Å². The third-order valence-corrected chi connectivity index (χ3v) is 5.15. The van der Waals surface area contributed by atoms with Gasteiger partial charge in [-0.3, -0.25) is 4.79 Å². The molecule has 1 amide bonds. The lowest BCUT2D eigenvalue weighted by molar-refractivity contribution is -0.133. The van der Waals surface area contributed by atoms with Crippen molar-refractivity contribution in [1.29, 1.82) is 0 Å². The van der Waals surface area contributed by atoms with E-state index in [1.54, 1.807) is 4.90 Å². The summed E-state index contributed by atoms with van der Waals surface area (Å²) < 4.78 is 22.5. The summed E-state index contributed by atoms with van der Waals surface area (Å²) in [5, 5.41) is 0.0342. The van der Waals surface area contributed by atoms with Crippen LogP contribution < -0.4 is 0 Å². The minimum absolute atomic E-state index is 0.0231. The average Bonchev–Trinajstić information content (AvgIpc) is 2.71. The van der Waals surface area contributed by atoms with Crippen molar-refractivity contribution in [1.82, 2.24) is 4.90 Å². The fourth-order valence-electron chi connectivity index (χ4n) is 2.17. The lowest BCUT2D eigenvalue weighted by Crippen LogP contribution is -2.35. The van der Waals surface area contributed by atoms with Crippen LogP contribution >= 0.6 is 11.6 Å². The normalized spacial score (nSPS) is 34.6. The van der Waals surface area contributed by atoms with Gasteiger partial charge in [-0.1, -0.05) is 0 Å². The van der Waals surface area contributed by atoms with Crippen molar-refractivity contribution in [3.63, 3.8) is 0 Å². The molecule has 0 aliphatic carbocycles. The Kier molecular flexibility index (Phi) is 2.94. The number of nitrogens with zero attached hydrogens (tertiary/aromatic N) is 1. The first-order valence-corrected chi connectivity index (χ1v) is 7.37. The molecular weight excluding hydrogens is 238 g/mol. The van der Waals surface area contributed by atoms with Gasteiger partial charge in [-0.2, -0.15) is 0 Å². The van der Waals surface area contributed by atoms with E-state index >= 15 is 0 Å². The first-order chi connectivity index (χ1) is 6.98. The van der Waals surface area contributed by atoms with E-state index < -0.39 is 9.84 Å². The number of rotatable bonds is 1. The highest BCUT2D eigenvalue weighted by Gasteiger charge is 2.37. The van der Waals surface area contributed by atoms with Crippen molar-refractivity contribution < 1.29 is 13.2 Å². The molecule has 2 unspecified atom stereocenters. The molecule has 0 aromatic carbocycles. The van der Waals surface area contributed by atoms with Crippen molar-refractivity contribution in [2.75, 3.05) is 24.6 Å². The van der Waals surface area contributed by atoms with Crippen LogP contribution in [0.25, 0.3) is 0 Å². The summed E-state index contributed by atoms with van der Waals surface area (Å²) in [6.07, 6.45) is 1.29. The highest BCUT2D eigenvalue weighted by Crippen LogP contribution is 2.24. The second-order valence-electron chi connectivity index (χ2n) is 4.27. The summed E-state index contributed by atoms with van der Waals surface area (Å²) in [6, 6.07) is 0. The smallest absolute Gasteiger partial charge is 0.226 e. The second kappa shape index (κ2) is 3.94. The topological polar surface area (TPSA) is 54.5 Å². The molecule has 0 aromatic rings. The number of halogens is 1. The Morgan fingerprint density at radius 3 is 2.53 bits per heavy atom. The molecule has 0 N–H and O–H groups in total. The van der Waals surface area contributed by atoms with E-state index in [0.717, 1.165) is 6.42 Å².